The van der Waals surface area contributed by atoms with Gasteiger partial charge in [-0.1, -0.05) is 11.6 Å². The van der Waals surface area contributed by atoms with Crippen molar-refractivity contribution in [3.8, 4) is 0 Å². The lowest BCUT2D eigenvalue weighted by atomic mass is 10.1. The average molecular weight is 422 g/mol. The van der Waals surface area contributed by atoms with E-state index in [9.17, 15) is 9.59 Å². The number of hydrogen-bond acceptors (Lipinski definition) is 3. The molecule has 1 saturated heterocycles. The van der Waals surface area contributed by atoms with Gasteiger partial charge in [-0.05, 0) is 47.7 Å². The van der Waals surface area contributed by atoms with Gasteiger partial charge >= 0.3 is 0 Å². The molecule has 1 aromatic carbocycles. The van der Waals surface area contributed by atoms with E-state index in [2.05, 4.69) is 33.2 Å². The Hall–Kier alpha value is -0.860. The second-order valence-electron chi connectivity index (χ2n) is 4.74. The predicted octanol–water partition coefficient (Wildman–Crippen LogP) is 1.49. The predicted molar refractivity (Wildman–Crippen MR) is 90.5 cm³/mol. The lowest BCUT2D eigenvalue weighted by molar-refractivity contribution is -0.126. The van der Waals surface area contributed by atoms with E-state index < -0.39 is 6.04 Å². The minimum Gasteiger partial charge on any atom is -0.355 e. The van der Waals surface area contributed by atoms with Crippen LogP contribution in [0.25, 0.3) is 0 Å². The highest BCUT2D eigenvalue weighted by Gasteiger charge is 2.33. The van der Waals surface area contributed by atoms with Gasteiger partial charge in [0.2, 0.25) is 5.91 Å². The Morgan fingerprint density at radius 3 is 3.00 bits per heavy atom. The first-order valence-electron chi connectivity index (χ1n) is 6.79. The van der Waals surface area contributed by atoms with Crippen molar-refractivity contribution in [1.29, 1.82) is 0 Å². The fraction of sp³-hybridized carbons (Fsp3) is 0.429. The van der Waals surface area contributed by atoms with Crippen molar-refractivity contribution < 1.29 is 9.59 Å². The van der Waals surface area contributed by atoms with Gasteiger partial charge in [-0.15, -0.1) is 0 Å². The van der Waals surface area contributed by atoms with Crippen LogP contribution in [0.5, 0.6) is 0 Å². The smallest absolute Gasteiger partial charge is 0.255 e. The number of likely N-dealkylation sites (N-methyl/N-ethyl adjacent to an activating group) is 1. The van der Waals surface area contributed by atoms with Crippen molar-refractivity contribution in [2.24, 2.45) is 0 Å². The number of nitrogens with zero attached hydrogens (tertiary/aromatic N) is 1. The molecule has 5 nitrogen and oxygen atoms in total. The van der Waals surface area contributed by atoms with Gasteiger partial charge in [0.15, 0.2) is 0 Å². The van der Waals surface area contributed by atoms with Crippen molar-refractivity contribution in [2.75, 3.05) is 26.2 Å². The number of halogens is 2. The summed E-state index contributed by atoms with van der Waals surface area (Å²) in [7, 11) is 0. The van der Waals surface area contributed by atoms with Crippen LogP contribution in [0.2, 0.25) is 5.02 Å². The molecule has 1 heterocycles. The van der Waals surface area contributed by atoms with Gasteiger partial charge < -0.3 is 15.5 Å². The van der Waals surface area contributed by atoms with Crippen molar-refractivity contribution in [2.45, 2.75) is 13.0 Å². The first-order valence-corrected chi connectivity index (χ1v) is 8.24. The molecule has 1 atom stereocenters. The normalized spacial score (nSPS) is 18.4. The van der Waals surface area contributed by atoms with Gasteiger partial charge in [-0.3, -0.25) is 9.59 Å². The second kappa shape index (κ2) is 7.42. The van der Waals surface area contributed by atoms with Gasteiger partial charge in [-0.25, -0.2) is 0 Å². The van der Waals surface area contributed by atoms with E-state index in [1.54, 1.807) is 23.1 Å². The monoisotopic (exact) mass is 421 g/mol. The third kappa shape index (κ3) is 3.87. The van der Waals surface area contributed by atoms with Gasteiger partial charge in [0, 0.05) is 34.8 Å². The Kier molecular flexibility index (Phi) is 5.83. The first kappa shape index (κ1) is 16.5. The zero-order valence-corrected chi connectivity index (χ0v) is 14.6. The summed E-state index contributed by atoms with van der Waals surface area (Å²) >= 11 is 8.09. The third-order valence-corrected chi connectivity index (χ3v) is 4.49. The molecule has 7 heteroatoms. The third-order valence-electron chi connectivity index (χ3n) is 3.32. The molecule has 0 aromatic heterocycles. The number of benzene rings is 1. The van der Waals surface area contributed by atoms with E-state index in [1.807, 2.05) is 6.92 Å². The van der Waals surface area contributed by atoms with Gasteiger partial charge in [-0.2, -0.15) is 0 Å². The molecule has 1 aromatic rings. The Balaban J connectivity index is 2.26. The van der Waals surface area contributed by atoms with Crippen molar-refractivity contribution >= 4 is 46.0 Å². The quantitative estimate of drug-likeness (QED) is 0.727. The van der Waals surface area contributed by atoms with Gasteiger partial charge in [0.25, 0.3) is 5.91 Å². The fourth-order valence-electron chi connectivity index (χ4n) is 2.29. The Morgan fingerprint density at radius 2 is 2.29 bits per heavy atom. The van der Waals surface area contributed by atoms with Crippen LogP contribution in [0.3, 0.4) is 0 Å². The second-order valence-corrected chi connectivity index (χ2v) is 6.34. The van der Waals surface area contributed by atoms with Gasteiger partial charge in [0.1, 0.15) is 6.04 Å². The first-order chi connectivity index (χ1) is 10.0. The fourth-order valence-corrected chi connectivity index (χ4v) is 3.03. The summed E-state index contributed by atoms with van der Waals surface area (Å²) in [6, 6.07) is 4.72. The summed E-state index contributed by atoms with van der Waals surface area (Å²) in [5, 5.41) is 6.45. The topological polar surface area (TPSA) is 61.4 Å². The minimum absolute atomic E-state index is 0.130. The molecule has 21 heavy (non-hydrogen) atoms. The molecule has 0 spiro atoms. The molecule has 114 valence electrons. The van der Waals surface area contributed by atoms with Crippen LogP contribution in [0, 0.1) is 3.57 Å². The lowest BCUT2D eigenvalue weighted by Crippen LogP contribution is -2.59. The Bertz CT molecular complexity index is 553. The molecule has 2 amide bonds. The molecule has 1 aliphatic heterocycles. The summed E-state index contributed by atoms with van der Waals surface area (Å²) in [5.74, 6) is -0.283. The number of hydrogen-bond donors (Lipinski definition) is 2. The number of piperazine rings is 1. The molecule has 0 saturated carbocycles. The zero-order chi connectivity index (χ0) is 15.4. The molecule has 0 bridgehead atoms. The van der Waals surface area contributed by atoms with Crippen LogP contribution < -0.4 is 10.6 Å². The summed E-state index contributed by atoms with van der Waals surface area (Å²) in [5.41, 5.74) is 0.541. The van der Waals surface area contributed by atoms with Crippen LogP contribution in [0.15, 0.2) is 18.2 Å². The standard InChI is InChI=1S/C14H17ClIN3O2/c1-2-18-13(20)12-8-17-5-6-19(12)14(21)10-7-9(15)3-4-11(10)16/h3-4,7,12,17H,2,5-6,8H2,1H3,(H,18,20). The molecule has 1 fully saturated rings. The van der Waals surface area contributed by atoms with Gasteiger partial charge in [0.05, 0.1) is 5.56 Å². The number of rotatable bonds is 3. The van der Waals surface area contributed by atoms with Crippen LogP contribution in [0.4, 0.5) is 0 Å². The largest absolute Gasteiger partial charge is 0.355 e. The van der Waals surface area contributed by atoms with E-state index >= 15 is 0 Å². The average Bonchev–Trinajstić information content (AvgIpc) is 2.49. The van der Waals surface area contributed by atoms with Crippen LogP contribution in [-0.2, 0) is 4.79 Å². The number of amides is 2. The van der Waals surface area contributed by atoms with E-state index in [1.165, 1.54) is 0 Å². The summed E-state index contributed by atoms with van der Waals surface area (Å²) < 4.78 is 0.829. The highest BCUT2D eigenvalue weighted by atomic mass is 127. The molecule has 1 unspecified atom stereocenters. The van der Waals surface area contributed by atoms with Crippen LogP contribution >= 0.6 is 34.2 Å². The van der Waals surface area contributed by atoms with E-state index in [-0.39, 0.29) is 11.8 Å². The molecule has 0 radical (unpaired) electrons. The Morgan fingerprint density at radius 1 is 1.52 bits per heavy atom. The highest BCUT2D eigenvalue weighted by molar-refractivity contribution is 14.1. The molecule has 0 aliphatic carbocycles. The molecule has 2 rings (SSSR count). The highest BCUT2D eigenvalue weighted by Crippen LogP contribution is 2.21. The van der Waals surface area contributed by atoms with Crippen LogP contribution in [-0.4, -0.2) is 48.9 Å². The van der Waals surface area contributed by atoms with E-state index in [4.69, 9.17) is 11.6 Å². The zero-order valence-electron chi connectivity index (χ0n) is 11.7. The molecular weight excluding hydrogens is 405 g/mol. The maximum atomic E-state index is 12.7. The molecule has 2 N–H and O–H groups in total. The SMILES string of the molecule is CCNC(=O)C1CNCCN1C(=O)c1cc(Cl)ccc1I. The van der Waals surface area contributed by atoms with E-state index in [0.717, 1.165) is 3.57 Å². The number of carbonyl (C=O) groups is 2. The minimum atomic E-state index is -0.485. The van der Waals surface area contributed by atoms with Crippen molar-refractivity contribution in [1.82, 2.24) is 15.5 Å². The molecular formula is C14H17ClIN3O2. The maximum Gasteiger partial charge on any atom is 0.255 e. The van der Waals surface area contributed by atoms with E-state index in [0.29, 0.717) is 36.8 Å². The van der Waals surface area contributed by atoms with Crippen LogP contribution in [0.1, 0.15) is 17.3 Å². The Labute approximate surface area is 142 Å². The summed E-state index contributed by atoms with van der Waals surface area (Å²) in [6.45, 7) is 4.06. The van der Waals surface area contributed by atoms with Crippen molar-refractivity contribution in [3.05, 3.63) is 32.4 Å². The van der Waals surface area contributed by atoms with Crippen molar-refractivity contribution in [3.63, 3.8) is 0 Å². The summed E-state index contributed by atoms with van der Waals surface area (Å²) in [4.78, 5) is 26.5. The lowest BCUT2D eigenvalue weighted by Gasteiger charge is -2.35. The summed E-state index contributed by atoms with van der Waals surface area (Å²) in [6.07, 6.45) is 0. The molecule has 1 aliphatic rings. The number of carbonyl (C=O) groups excluding carboxylic acids is 2. The number of nitrogens with one attached hydrogen (secondary N) is 2. The maximum absolute atomic E-state index is 12.7.